The van der Waals surface area contributed by atoms with Gasteiger partial charge in [-0.1, -0.05) is 19.6 Å². The molecule has 0 aliphatic rings. The third kappa shape index (κ3) is 8.99. The molecular weight excluding hydrogens is 448 g/mol. The fourth-order valence-corrected chi connectivity index (χ4v) is 5.16. The highest BCUT2D eigenvalue weighted by molar-refractivity contribution is 7.24. The van der Waals surface area contributed by atoms with Gasteiger partial charge >= 0.3 is 6.09 Å². The predicted molar refractivity (Wildman–Crippen MR) is 131 cm³/mol. The lowest BCUT2D eigenvalue weighted by Gasteiger charge is -2.19. The molecule has 0 fully saturated rings. The van der Waals surface area contributed by atoms with Crippen molar-refractivity contribution in [2.24, 2.45) is 0 Å². The Kier molecular flexibility index (Phi) is 8.49. The summed E-state index contributed by atoms with van der Waals surface area (Å²) in [5.41, 5.74) is 0.655. The molecule has 0 unspecified atom stereocenters. The molecule has 0 aliphatic heterocycles. The van der Waals surface area contributed by atoms with Crippen LogP contribution in [0.25, 0.3) is 0 Å². The molecule has 166 valence electrons. The van der Waals surface area contributed by atoms with Gasteiger partial charge in [0.15, 0.2) is 5.01 Å². The molecule has 7 nitrogen and oxygen atoms in total. The lowest BCUT2D eigenvalue weighted by molar-refractivity contribution is 0.0635. The zero-order chi connectivity index (χ0) is 23.1. The number of ether oxygens (including phenoxy) is 1. The van der Waals surface area contributed by atoms with Gasteiger partial charge in [-0.25, -0.2) is 9.78 Å². The van der Waals surface area contributed by atoms with Gasteiger partial charge in [-0.15, -0.1) is 22.7 Å². The molecule has 0 atom stereocenters. The summed E-state index contributed by atoms with van der Waals surface area (Å²) in [6.07, 6.45) is 2.94. The lowest BCUT2D eigenvalue weighted by atomic mass is 10.2. The number of amides is 2. The smallest absolute Gasteiger partial charge is 0.412 e. The molecular formula is C21H28N4O3S2Si. The maximum atomic E-state index is 11.8. The van der Waals surface area contributed by atoms with Crippen LogP contribution in [0, 0.1) is 0 Å². The van der Waals surface area contributed by atoms with E-state index in [2.05, 4.69) is 40.2 Å². The second-order valence-electron chi connectivity index (χ2n) is 8.58. The fourth-order valence-electron chi connectivity index (χ4n) is 2.17. The Morgan fingerprint density at radius 1 is 0.903 bits per heavy atom. The van der Waals surface area contributed by atoms with Gasteiger partial charge in [0, 0.05) is 34.5 Å². The van der Waals surface area contributed by atoms with Gasteiger partial charge in [0.2, 0.25) is 0 Å². The molecule has 0 saturated heterocycles. The van der Waals surface area contributed by atoms with Crippen molar-refractivity contribution in [1.29, 1.82) is 0 Å². The van der Waals surface area contributed by atoms with Gasteiger partial charge < -0.3 is 10.1 Å². The zero-order valence-corrected chi connectivity index (χ0v) is 21.2. The molecule has 3 aromatic rings. The number of carbonyl (C=O) groups excluding carboxylic acids is 2. The molecule has 0 radical (unpaired) electrons. The second kappa shape index (κ2) is 10.6. The van der Waals surface area contributed by atoms with E-state index in [0.717, 1.165) is 0 Å². The zero-order valence-electron chi connectivity index (χ0n) is 18.6. The first-order valence-corrected chi connectivity index (χ1v) is 14.9. The number of hydrogen-bond donors (Lipinski definition) is 2. The average molecular weight is 477 g/mol. The van der Waals surface area contributed by atoms with Gasteiger partial charge in [-0.2, -0.15) is 0 Å². The van der Waals surface area contributed by atoms with Crippen LogP contribution in [0.1, 0.15) is 30.6 Å². The molecule has 10 heteroatoms. The monoisotopic (exact) mass is 476 g/mol. The Morgan fingerprint density at radius 3 is 1.87 bits per heavy atom. The number of carbonyl (C=O) groups is 2. The van der Waals surface area contributed by atoms with E-state index in [1.54, 1.807) is 68.0 Å². The average Bonchev–Trinajstić information content (AvgIpc) is 3.36. The van der Waals surface area contributed by atoms with Crippen LogP contribution in [0.5, 0.6) is 0 Å². The van der Waals surface area contributed by atoms with E-state index in [9.17, 15) is 9.59 Å². The molecule has 0 spiro atoms. The van der Waals surface area contributed by atoms with Crippen LogP contribution in [0.3, 0.4) is 0 Å². The van der Waals surface area contributed by atoms with Gasteiger partial charge in [-0.05, 0) is 45.0 Å². The van der Waals surface area contributed by atoms with Crippen LogP contribution >= 0.6 is 22.7 Å². The van der Waals surface area contributed by atoms with E-state index in [1.165, 1.54) is 16.0 Å². The number of benzene rings is 1. The number of anilines is 2. The maximum absolute atomic E-state index is 11.8. The number of nitrogens with zero attached hydrogens (tertiary/aromatic N) is 2. The summed E-state index contributed by atoms with van der Waals surface area (Å²) in [5.74, 6) is -0.261. The van der Waals surface area contributed by atoms with E-state index in [-0.39, 0.29) is 5.91 Å². The third-order valence-electron chi connectivity index (χ3n) is 3.49. The Bertz CT molecular complexity index is 962. The topological polar surface area (TPSA) is 93.2 Å². The van der Waals surface area contributed by atoms with Crippen molar-refractivity contribution < 1.29 is 14.3 Å². The molecule has 2 aromatic heterocycles. The highest BCUT2D eigenvalue weighted by atomic mass is 32.1. The first-order valence-electron chi connectivity index (χ1n) is 9.65. The van der Waals surface area contributed by atoms with Crippen molar-refractivity contribution in [3.05, 3.63) is 52.4 Å². The maximum Gasteiger partial charge on any atom is 0.412 e. The number of hydrogen-bond acceptors (Lipinski definition) is 7. The van der Waals surface area contributed by atoms with Crippen molar-refractivity contribution in [2.75, 3.05) is 10.6 Å². The Labute approximate surface area is 191 Å². The largest absolute Gasteiger partial charge is 0.444 e. The molecule has 2 N–H and O–H groups in total. The van der Waals surface area contributed by atoms with E-state index >= 15 is 0 Å². The minimum atomic E-state index is -1.07. The summed E-state index contributed by atoms with van der Waals surface area (Å²) >= 11 is 3.05. The van der Waals surface area contributed by atoms with Crippen molar-refractivity contribution >= 4 is 58.8 Å². The van der Waals surface area contributed by atoms with Crippen LogP contribution in [-0.2, 0) is 4.74 Å². The van der Waals surface area contributed by atoms with Crippen LogP contribution in [-0.4, -0.2) is 35.6 Å². The van der Waals surface area contributed by atoms with E-state index in [4.69, 9.17) is 4.74 Å². The highest BCUT2D eigenvalue weighted by Gasteiger charge is 2.18. The fraction of sp³-hybridized carbons (Fsp3) is 0.333. The second-order valence-corrected chi connectivity index (χ2v) is 15.7. The molecule has 1 aromatic carbocycles. The van der Waals surface area contributed by atoms with Crippen LogP contribution < -0.4 is 15.3 Å². The van der Waals surface area contributed by atoms with Crippen LogP contribution in [0.15, 0.2) is 47.4 Å². The van der Waals surface area contributed by atoms with E-state index in [0.29, 0.717) is 16.4 Å². The normalized spacial score (nSPS) is 11.2. The standard InChI is InChI=1S/C15H17N3O3S.C6H11NSSi/c1-15(2,3)21-14(20)18-11-6-4-10(5-7-11)17-12(19)13-16-8-9-22-13;1-9(2,3)6-7-4-5-8-6/h4-9H,1-3H3,(H,17,19)(H,18,20);4-5H,1-3H3. The summed E-state index contributed by atoms with van der Waals surface area (Å²) in [5, 5.41) is 9.54. The van der Waals surface area contributed by atoms with Crippen molar-refractivity contribution in [3.63, 3.8) is 0 Å². The summed E-state index contributed by atoms with van der Waals surface area (Å²) in [6, 6.07) is 6.75. The quantitative estimate of drug-likeness (QED) is 0.490. The van der Waals surface area contributed by atoms with E-state index in [1.807, 2.05) is 11.6 Å². The Morgan fingerprint density at radius 2 is 1.45 bits per heavy atom. The number of aromatic nitrogens is 2. The molecule has 3 rings (SSSR count). The van der Waals surface area contributed by atoms with Crippen molar-refractivity contribution in [1.82, 2.24) is 9.97 Å². The number of nitrogens with one attached hydrogen (secondary N) is 2. The van der Waals surface area contributed by atoms with Crippen LogP contribution in [0.4, 0.5) is 16.2 Å². The summed E-state index contributed by atoms with van der Waals surface area (Å²) in [7, 11) is -1.07. The van der Waals surface area contributed by atoms with E-state index < -0.39 is 19.8 Å². The molecule has 2 amide bonds. The molecule has 2 heterocycles. The van der Waals surface area contributed by atoms with Gasteiger partial charge in [0.05, 0.1) is 4.63 Å². The van der Waals surface area contributed by atoms with Gasteiger partial charge in [-0.3, -0.25) is 15.1 Å². The minimum absolute atomic E-state index is 0.261. The lowest BCUT2D eigenvalue weighted by Crippen LogP contribution is -2.36. The Balaban J connectivity index is 0.000000316. The predicted octanol–water partition coefficient (Wildman–Crippen LogP) is 5.43. The molecule has 0 bridgehead atoms. The number of thiazole rings is 2. The molecule has 31 heavy (non-hydrogen) atoms. The minimum Gasteiger partial charge on any atom is -0.444 e. The molecule has 0 saturated carbocycles. The molecule has 0 aliphatic carbocycles. The summed E-state index contributed by atoms with van der Waals surface area (Å²) in [4.78, 5) is 31.7. The summed E-state index contributed by atoms with van der Waals surface area (Å²) in [6.45, 7) is 12.3. The number of rotatable bonds is 4. The SMILES string of the molecule is CC(C)(C)OC(=O)Nc1ccc(NC(=O)c2nccs2)cc1.C[Si](C)(C)c1nccs1. The van der Waals surface area contributed by atoms with Crippen molar-refractivity contribution in [3.8, 4) is 0 Å². The van der Waals surface area contributed by atoms with Crippen molar-refractivity contribution in [2.45, 2.75) is 46.0 Å². The van der Waals surface area contributed by atoms with Crippen LogP contribution in [0.2, 0.25) is 19.6 Å². The third-order valence-corrected chi connectivity index (χ3v) is 8.45. The highest BCUT2D eigenvalue weighted by Crippen LogP contribution is 2.16. The first kappa shape index (κ1) is 24.7. The van der Waals surface area contributed by atoms with Gasteiger partial charge in [0.1, 0.15) is 13.7 Å². The van der Waals surface area contributed by atoms with Gasteiger partial charge in [0.25, 0.3) is 5.91 Å². The first-order chi connectivity index (χ1) is 14.4. The Hall–Kier alpha value is -2.56. The summed E-state index contributed by atoms with van der Waals surface area (Å²) < 4.78 is 6.51.